The van der Waals surface area contributed by atoms with E-state index in [-0.39, 0.29) is 6.04 Å². The third kappa shape index (κ3) is 2.50. The molecule has 4 bridgehead atoms. The number of carbonyl (C=O) groups excluding carboxylic acids is 1. The number of nitrogens with one attached hydrogen (secondary N) is 1. The minimum Gasteiger partial charge on any atom is -0.351 e. The maximum absolute atomic E-state index is 12.7. The van der Waals surface area contributed by atoms with Gasteiger partial charge in [-0.05, 0) is 75.2 Å². The normalized spacial score (nSPS) is 45.2. The minimum absolute atomic E-state index is 0.0886. The number of hydrogen-bond donors (Lipinski definition) is 2. The minimum atomic E-state index is 0.0886. The molecule has 3 N–H and O–H groups in total. The standard InChI is InChI=1S/C17H29N3O/c18-3-5-20-4-1-2-15(20)17(21)19-16-13-7-11-6-12(9-13)10-14(16)8-11/h11-16H,1-10,18H2,(H,19,21). The molecule has 4 saturated carbocycles. The molecule has 1 aliphatic heterocycles. The lowest BCUT2D eigenvalue weighted by Gasteiger charge is -2.54. The summed E-state index contributed by atoms with van der Waals surface area (Å²) < 4.78 is 0. The van der Waals surface area contributed by atoms with E-state index in [4.69, 9.17) is 5.73 Å². The monoisotopic (exact) mass is 291 g/mol. The van der Waals surface area contributed by atoms with Crippen LogP contribution in [0.1, 0.15) is 44.9 Å². The second kappa shape index (κ2) is 5.54. The first-order valence-corrected chi connectivity index (χ1v) is 8.99. The zero-order valence-electron chi connectivity index (χ0n) is 13.0. The summed E-state index contributed by atoms with van der Waals surface area (Å²) in [7, 11) is 0. The van der Waals surface area contributed by atoms with Gasteiger partial charge in [-0.25, -0.2) is 0 Å². The van der Waals surface area contributed by atoms with Gasteiger partial charge in [0.25, 0.3) is 0 Å². The summed E-state index contributed by atoms with van der Waals surface area (Å²) in [5.41, 5.74) is 5.68. The van der Waals surface area contributed by atoms with Crippen molar-refractivity contribution in [2.45, 2.75) is 57.0 Å². The van der Waals surface area contributed by atoms with Gasteiger partial charge in [-0.3, -0.25) is 9.69 Å². The Morgan fingerprint density at radius 3 is 2.38 bits per heavy atom. The summed E-state index contributed by atoms with van der Waals surface area (Å²) in [6, 6.07) is 0.566. The first-order chi connectivity index (χ1) is 10.2. The molecule has 118 valence electrons. The Hall–Kier alpha value is -0.610. The maximum atomic E-state index is 12.7. The van der Waals surface area contributed by atoms with E-state index < -0.39 is 0 Å². The third-order valence-electron chi connectivity index (χ3n) is 6.62. The van der Waals surface area contributed by atoms with Crippen LogP contribution in [0.3, 0.4) is 0 Å². The van der Waals surface area contributed by atoms with Crippen molar-refractivity contribution in [1.82, 2.24) is 10.2 Å². The van der Waals surface area contributed by atoms with Gasteiger partial charge < -0.3 is 11.1 Å². The summed E-state index contributed by atoms with van der Waals surface area (Å²) in [6.07, 6.45) is 9.11. The first kappa shape index (κ1) is 14.0. The molecule has 4 aliphatic carbocycles. The number of rotatable bonds is 4. The van der Waals surface area contributed by atoms with E-state index in [1.165, 1.54) is 32.1 Å². The highest BCUT2D eigenvalue weighted by Gasteiger charge is 2.49. The summed E-state index contributed by atoms with van der Waals surface area (Å²) in [5.74, 6) is 3.78. The smallest absolute Gasteiger partial charge is 0.237 e. The summed E-state index contributed by atoms with van der Waals surface area (Å²) in [4.78, 5) is 15.0. The molecule has 1 atom stereocenters. The van der Waals surface area contributed by atoms with Crippen LogP contribution >= 0.6 is 0 Å². The molecule has 0 spiro atoms. The molecule has 0 aromatic rings. The van der Waals surface area contributed by atoms with E-state index >= 15 is 0 Å². The molecule has 21 heavy (non-hydrogen) atoms. The van der Waals surface area contributed by atoms with E-state index in [1.807, 2.05) is 0 Å². The molecular formula is C17H29N3O. The van der Waals surface area contributed by atoms with Gasteiger partial charge >= 0.3 is 0 Å². The zero-order chi connectivity index (χ0) is 14.4. The van der Waals surface area contributed by atoms with Crippen molar-refractivity contribution in [2.75, 3.05) is 19.6 Å². The van der Waals surface area contributed by atoms with Crippen LogP contribution in [0.5, 0.6) is 0 Å². The largest absolute Gasteiger partial charge is 0.351 e. The van der Waals surface area contributed by atoms with Crippen LogP contribution in [0.25, 0.3) is 0 Å². The van der Waals surface area contributed by atoms with Crippen LogP contribution < -0.4 is 11.1 Å². The van der Waals surface area contributed by atoms with Crippen molar-refractivity contribution in [3.05, 3.63) is 0 Å². The highest BCUT2D eigenvalue weighted by atomic mass is 16.2. The van der Waals surface area contributed by atoms with E-state index in [0.717, 1.165) is 49.6 Å². The number of hydrogen-bond acceptors (Lipinski definition) is 3. The fourth-order valence-electron chi connectivity index (χ4n) is 5.98. The van der Waals surface area contributed by atoms with Crippen molar-refractivity contribution < 1.29 is 4.79 Å². The number of nitrogens with zero attached hydrogens (tertiary/aromatic N) is 1. The number of amides is 1. The van der Waals surface area contributed by atoms with Crippen molar-refractivity contribution in [3.8, 4) is 0 Å². The topological polar surface area (TPSA) is 58.4 Å². The van der Waals surface area contributed by atoms with Crippen LogP contribution in [-0.2, 0) is 4.79 Å². The Morgan fingerprint density at radius 1 is 1.10 bits per heavy atom. The molecule has 4 heteroatoms. The second-order valence-corrected chi connectivity index (χ2v) is 7.95. The quantitative estimate of drug-likeness (QED) is 0.822. The highest BCUT2D eigenvalue weighted by molar-refractivity contribution is 5.82. The van der Waals surface area contributed by atoms with Gasteiger partial charge in [0.1, 0.15) is 0 Å². The van der Waals surface area contributed by atoms with Gasteiger partial charge in [-0.2, -0.15) is 0 Å². The summed E-state index contributed by atoms with van der Waals surface area (Å²) >= 11 is 0. The van der Waals surface area contributed by atoms with E-state index in [9.17, 15) is 4.79 Å². The molecule has 5 rings (SSSR count). The Balaban J connectivity index is 1.40. The number of nitrogens with two attached hydrogens (primary N) is 1. The fraction of sp³-hybridized carbons (Fsp3) is 0.941. The number of likely N-dealkylation sites (tertiary alicyclic amines) is 1. The molecule has 5 aliphatic rings. The van der Waals surface area contributed by atoms with Crippen molar-refractivity contribution in [1.29, 1.82) is 0 Å². The van der Waals surface area contributed by atoms with Gasteiger partial charge in [0.2, 0.25) is 5.91 Å². The van der Waals surface area contributed by atoms with E-state index in [0.29, 0.717) is 18.5 Å². The van der Waals surface area contributed by atoms with Gasteiger partial charge in [-0.1, -0.05) is 0 Å². The van der Waals surface area contributed by atoms with Crippen LogP contribution in [0.4, 0.5) is 0 Å². The van der Waals surface area contributed by atoms with Gasteiger partial charge in [0.15, 0.2) is 0 Å². The lowest BCUT2D eigenvalue weighted by molar-refractivity contribution is -0.129. The molecule has 1 amide bonds. The van der Waals surface area contributed by atoms with Crippen LogP contribution in [-0.4, -0.2) is 42.5 Å². The molecule has 1 saturated heterocycles. The SMILES string of the molecule is NCCN1CCCC1C(=O)NC1C2CC3CC(C2)CC1C3. The predicted molar refractivity (Wildman–Crippen MR) is 82.6 cm³/mol. The first-order valence-electron chi connectivity index (χ1n) is 8.99. The lowest BCUT2D eigenvalue weighted by atomic mass is 9.54. The fourth-order valence-corrected chi connectivity index (χ4v) is 5.98. The second-order valence-electron chi connectivity index (χ2n) is 7.95. The van der Waals surface area contributed by atoms with Crippen molar-refractivity contribution in [3.63, 3.8) is 0 Å². The summed E-state index contributed by atoms with van der Waals surface area (Å²) in [6.45, 7) is 2.55. The van der Waals surface area contributed by atoms with Crippen molar-refractivity contribution in [2.24, 2.45) is 29.4 Å². The average Bonchev–Trinajstić information content (AvgIpc) is 2.90. The van der Waals surface area contributed by atoms with Crippen LogP contribution in [0.2, 0.25) is 0 Å². The molecular weight excluding hydrogens is 262 g/mol. The molecule has 4 nitrogen and oxygen atoms in total. The molecule has 5 fully saturated rings. The lowest BCUT2D eigenvalue weighted by Crippen LogP contribution is -2.58. The molecule has 0 aromatic heterocycles. The van der Waals surface area contributed by atoms with Crippen LogP contribution in [0, 0.1) is 23.7 Å². The molecule has 1 unspecified atom stereocenters. The average molecular weight is 291 g/mol. The summed E-state index contributed by atoms with van der Waals surface area (Å²) in [5, 5.41) is 3.47. The molecule has 0 aromatic carbocycles. The Labute approximate surface area is 127 Å². The maximum Gasteiger partial charge on any atom is 0.237 e. The van der Waals surface area contributed by atoms with Gasteiger partial charge in [-0.15, -0.1) is 0 Å². The van der Waals surface area contributed by atoms with E-state index in [2.05, 4.69) is 10.2 Å². The molecule has 1 heterocycles. The van der Waals surface area contributed by atoms with Crippen molar-refractivity contribution >= 4 is 5.91 Å². The Morgan fingerprint density at radius 2 is 1.76 bits per heavy atom. The van der Waals surface area contributed by atoms with E-state index in [1.54, 1.807) is 0 Å². The number of carbonyl (C=O) groups is 1. The highest BCUT2D eigenvalue weighted by Crippen LogP contribution is 2.53. The Kier molecular flexibility index (Phi) is 3.70. The third-order valence-corrected chi connectivity index (χ3v) is 6.62. The zero-order valence-corrected chi connectivity index (χ0v) is 13.0. The van der Waals surface area contributed by atoms with Gasteiger partial charge in [0.05, 0.1) is 6.04 Å². The Bertz CT molecular complexity index is 383. The predicted octanol–water partition coefficient (Wildman–Crippen LogP) is 1.35. The van der Waals surface area contributed by atoms with Crippen LogP contribution in [0.15, 0.2) is 0 Å². The van der Waals surface area contributed by atoms with Gasteiger partial charge in [0, 0.05) is 19.1 Å². The molecule has 0 radical (unpaired) electrons.